The maximum absolute atomic E-state index is 12.6. The van der Waals surface area contributed by atoms with Crippen LogP contribution in [0.2, 0.25) is 0 Å². The van der Waals surface area contributed by atoms with Crippen LogP contribution in [0.15, 0.2) is 47.6 Å². The van der Waals surface area contributed by atoms with Crippen LogP contribution in [-0.4, -0.2) is 31.2 Å². The summed E-state index contributed by atoms with van der Waals surface area (Å²) in [7, 11) is 3.10. The van der Waals surface area contributed by atoms with Crippen molar-refractivity contribution < 1.29 is 24.2 Å². The van der Waals surface area contributed by atoms with Gasteiger partial charge in [-0.15, -0.1) is 0 Å². The van der Waals surface area contributed by atoms with Gasteiger partial charge >= 0.3 is 0 Å². The molecule has 0 saturated carbocycles. The number of methoxy groups -OCH3 is 2. The number of carbonyl (C=O) groups is 1. The van der Waals surface area contributed by atoms with E-state index in [2.05, 4.69) is 10.5 Å². The second-order valence-corrected chi connectivity index (χ2v) is 5.46. The Labute approximate surface area is 144 Å². The molecule has 25 heavy (non-hydrogen) atoms. The minimum absolute atomic E-state index is 0.0667. The number of benzene rings is 2. The van der Waals surface area contributed by atoms with Crippen LogP contribution in [0.4, 0.5) is 5.69 Å². The summed E-state index contributed by atoms with van der Waals surface area (Å²) in [6.45, 7) is 0. The third-order valence-electron chi connectivity index (χ3n) is 3.98. The first-order valence-electron chi connectivity index (χ1n) is 7.67. The fourth-order valence-corrected chi connectivity index (χ4v) is 2.68. The van der Waals surface area contributed by atoms with Gasteiger partial charge in [0.15, 0.2) is 11.5 Å². The number of nitrogens with zero attached hydrogens (tertiary/aromatic N) is 1. The molecule has 1 aliphatic heterocycles. The summed E-state index contributed by atoms with van der Waals surface area (Å²) in [6.07, 6.45) is 0.341. The molecule has 0 saturated heterocycles. The predicted octanol–water partition coefficient (Wildman–Crippen LogP) is 2.68. The van der Waals surface area contributed by atoms with Crippen LogP contribution in [0, 0.1) is 5.92 Å². The number of amides is 1. The summed E-state index contributed by atoms with van der Waals surface area (Å²) in [5, 5.41) is 15.2. The molecule has 1 atom stereocenters. The highest BCUT2D eigenvalue weighted by Crippen LogP contribution is 2.37. The van der Waals surface area contributed by atoms with E-state index >= 15 is 0 Å². The van der Waals surface area contributed by atoms with Crippen LogP contribution in [0.5, 0.6) is 17.2 Å². The average Bonchev–Trinajstić information content (AvgIpc) is 2.66. The van der Waals surface area contributed by atoms with E-state index in [-0.39, 0.29) is 11.8 Å². The number of carbonyl (C=O) groups excluding carboxylic acids is 1. The zero-order valence-electron chi connectivity index (χ0n) is 13.9. The fraction of sp³-hybridized carbons (Fsp3) is 0.222. The van der Waals surface area contributed by atoms with E-state index in [0.29, 0.717) is 29.4 Å². The second-order valence-electron chi connectivity index (χ2n) is 5.46. The molecule has 0 spiro atoms. The second kappa shape index (κ2) is 7.12. The van der Waals surface area contributed by atoms with E-state index in [1.807, 2.05) is 12.1 Å². The van der Waals surface area contributed by atoms with Crippen molar-refractivity contribution in [3.8, 4) is 17.2 Å². The molecular weight excluding hydrogens is 324 g/mol. The third-order valence-corrected chi connectivity index (χ3v) is 3.98. The summed E-state index contributed by atoms with van der Waals surface area (Å²) in [5.41, 5.74) is 1.42. The number of nitrogens with one attached hydrogen (secondary N) is 1. The Morgan fingerprint density at radius 2 is 1.96 bits per heavy atom. The Balaban J connectivity index is 1.81. The van der Waals surface area contributed by atoms with Crippen molar-refractivity contribution >= 4 is 17.5 Å². The monoisotopic (exact) mass is 342 g/mol. The number of hydrogen-bond acceptors (Lipinski definition) is 6. The Morgan fingerprint density at radius 1 is 1.20 bits per heavy atom. The molecule has 0 unspecified atom stereocenters. The molecule has 2 N–H and O–H groups in total. The molecule has 1 aliphatic rings. The lowest BCUT2D eigenvalue weighted by molar-refractivity contribution is -0.118. The number of rotatable bonds is 4. The standard InChI is InChI=1S/C18H18N2O5/c1-23-13-8-6-12(7-9-13)19-17(21)14-10-11-4-3-5-15(24-2)16(11)25-18(14)20-22/h3-9,14,22H,10H2,1-2H3,(H,19,21)/b20-18+/t14-/m0/s1. The summed E-state index contributed by atoms with van der Waals surface area (Å²) in [4.78, 5) is 12.6. The van der Waals surface area contributed by atoms with Crippen molar-refractivity contribution in [3.05, 3.63) is 48.0 Å². The maximum atomic E-state index is 12.6. The maximum Gasteiger partial charge on any atom is 0.244 e. The van der Waals surface area contributed by atoms with E-state index < -0.39 is 5.92 Å². The molecule has 1 amide bonds. The highest BCUT2D eigenvalue weighted by Gasteiger charge is 2.34. The minimum atomic E-state index is -0.744. The van der Waals surface area contributed by atoms with Crippen LogP contribution in [0.1, 0.15) is 5.56 Å². The zero-order valence-corrected chi connectivity index (χ0v) is 13.9. The van der Waals surface area contributed by atoms with E-state index in [4.69, 9.17) is 14.2 Å². The molecule has 1 heterocycles. The zero-order chi connectivity index (χ0) is 17.8. The van der Waals surface area contributed by atoms with Gasteiger partial charge < -0.3 is 24.7 Å². The highest BCUT2D eigenvalue weighted by molar-refractivity contribution is 6.08. The quantitative estimate of drug-likeness (QED) is 0.659. The van der Waals surface area contributed by atoms with Gasteiger partial charge in [0.05, 0.1) is 14.2 Å². The third kappa shape index (κ3) is 3.35. The fourth-order valence-electron chi connectivity index (χ4n) is 2.68. The Hall–Kier alpha value is -3.22. The molecule has 0 fully saturated rings. The van der Waals surface area contributed by atoms with Gasteiger partial charge in [-0.25, -0.2) is 0 Å². The van der Waals surface area contributed by atoms with Crippen molar-refractivity contribution in [1.29, 1.82) is 0 Å². The molecule has 7 nitrogen and oxygen atoms in total. The highest BCUT2D eigenvalue weighted by atomic mass is 16.5. The Kier molecular flexibility index (Phi) is 4.74. The van der Waals surface area contributed by atoms with Gasteiger partial charge in [-0.2, -0.15) is 0 Å². The first-order valence-corrected chi connectivity index (χ1v) is 7.67. The van der Waals surface area contributed by atoms with Crippen LogP contribution in [0.25, 0.3) is 0 Å². The summed E-state index contributed by atoms with van der Waals surface area (Å²) >= 11 is 0. The molecule has 130 valence electrons. The molecule has 3 rings (SSSR count). The average molecular weight is 342 g/mol. The van der Waals surface area contributed by atoms with Gasteiger partial charge in [0.1, 0.15) is 11.7 Å². The molecule has 0 aromatic heterocycles. The largest absolute Gasteiger partial charge is 0.497 e. The van der Waals surface area contributed by atoms with E-state index in [9.17, 15) is 10.0 Å². The smallest absolute Gasteiger partial charge is 0.244 e. The van der Waals surface area contributed by atoms with Gasteiger partial charge in [0.25, 0.3) is 0 Å². The summed E-state index contributed by atoms with van der Waals surface area (Å²) < 4.78 is 15.9. The van der Waals surface area contributed by atoms with Crippen molar-refractivity contribution in [2.24, 2.45) is 11.1 Å². The van der Waals surface area contributed by atoms with Crippen LogP contribution >= 0.6 is 0 Å². The number of oxime groups is 1. The summed E-state index contributed by atoms with van der Waals surface area (Å²) in [6, 6.07) is 12.4. The SMILES string of the molecule is COc1ccc(NC(=O)[C@@H]2Cc3cccc(OC)c3O/C2=N/O)cc1. The van der Waals surface area contributed by atoms with Crippen molar-refractivity contribution in [1.82, 2.24) is 0 Å². The van der Waals surface area contributed by atoms with Crippen LogP contribution < -0.4 is 19.5 Å². The number of anilines is 1. The first kappa shape index (κ1) is 16.6. The van der Waals surface area contributed by atoms with E-state index in [1.165, 1.54) is 7.11 Å². The molecule has 2 aromatic carbocycles. The topological polar surface area (TPSA) is 89.4 Å². The molecule has 0 radical (unpaired) electrons. The molecular formula is C18H18N2O5. The number of ether oxygens (including phenoxy) is 3. The van der Waals surface area contributed by atoms with Crippen molar-refractivity contribution in [2.75, 3.05) is 19.5 Å². The number of para-hydroxylation sites is 1. The molecule has 7 heteroatoms. The summed E-state index contributed by atoms with van der Waals surface area (Å²) in [5.74, 6) is 0.540. The van der Waals surface area contributed by atoms with Gasteiger partial charge in [0, 0.05) is 11.3 Å². The van der Waals surface area contributed by atoms with Crippen LogP contribution in [0.3, 0.4) is 0 Å². The van der Waals surface area contributed by atoms with Crippen molar-refractivity contribution in [2.45, 2.75) is 6.42 Å². The minimum Gasteiger partial charge on any atom is -0.497 e. The first-order chi connectivity index (χ1) is 12.2. The predicted molar refractivity (Wildman–Crippen MR) is 91.7 cm³/mol. The van der Waals surface area contributed by atoms with E-state index in [1.54, 1.807) is 37.4 Å². The van der Waals surface area contributed by atoms with Gasteiger partial charge in [-0.1, -0.05) is 17.3 Å². The lowest BCUT2D eigenvalue weighted by Gasteiger charge is -2.26. The van der Waals surface area contributed by atoms with Gasteiger partial charge in [-0.3, -0.25) is 4.79 Å². The Bertz CT molecular complexity index is 802. The normalized spacial score (nSPS) is 17.4. The lowest BCUT2D eigenvalue weighted by atomic mass is 9.94. The molecule has 0 bridgehead atoms. The molecule has 0 aliphatic carbocycles. The van der Waals surface area contributed by atoms with Crippen LogP contribution in [-0.2, 0) is 11.2 Å². The van der Waals surface area contributed by atoms with Crippen molar-refractivity contribution in [3.63, 3.8) is 0 Å². The molecule has 2 aromatic rings. The number of fused-ring (bicyclic) bond motifs is 1. The Morgan fingerprint density at radius 3 is 2.60 bits per heavy atom. The van der Waals surface area contributed by atoms with Gasteiger partial charge in [-0.05, 0) is 36.8 Å². The van der Waals surface area contributed by atoms with Gasteiger partial charge in [0.2, 0.25) is 11.8 Å². The van der Waals surface area contributed by atoms with E-state index in [0.717, 1.165) is 5.56 Å². The lowest BCUT2D eigenvalue weighted by Crippen LogP contribution is -2.37. The number of hydrogen-bond donors (Lipinski definition) is 2.